The molecule has 0 spiro atoms. The number of hydrogen-bond donors (Lipinski definition) is 2. The minimum absolute atomic E-state index is 0.150. The Bertz CT molecular complexity index is 1550. The van der Waals surface area contributed by atoms with Crippen LogP contribution in [0.15, 0.2) is 35.3 Å². The number of carbonyl (C=O) groups excluding carboxylic acids is 4. The van der Waals surface area contributed by atoms with Gasteiger partial charge in [-0.05, 0) is 63.0 Å². The van der Waals surface area contributed by atoms with Gasteiger partial charge >= 0.3 is 17.9 Å². The maximum Gasteiger partial charge on any atom is 0.311 e. The predicted molar refractivity (Wildman–Crippen MR) is 212 cm³/mol. The van der Waals surface area contributed by atoms with Crippen molar-refractivity contribution in [2.75, 3.05) is 44.5 Å². The SMILES string of the molecule is C=C(C)COOCC/N=C/OOCCC(=O)OC(C)(CC(CC(C)(CC(C)(C)CC)C(=O)OCCO)C(=O)O)C1C(=O)N(c2c(CC)cccc2CC)C(=O)C1C. The lowest BCUT2D eigenvalue weighted by molar-refractivity contribution is -0.285. The van der Waals surface area contributed by atoms with E-state index in [0.717, 1.165) is 28.0 Å². The average molecular weight is 805 g/mol. The van der Waals surface area contributed by atoms with Crippen molar-refractivity contribution in [1.29, 1.82) is 0 Å². The summed E-state index contributed by atoms with van der Waals surface area (Å²) in [5.41, 5.74) is -0.753. The quantitative estimate of drug-likeness (QED) is 0.0154. The lowest BCUT2D eigenvalue weighted by Gasteiger charge is -2.40. The first kappa shape index (κ1) is 49.0. The summed E-state index contributed by atoms with van der Waals surface area (Å²) >= 11 is 0. The summed E-state index contributed by atoms with van der Waals surface area (Å²) < 4.78 is 11.5. The Morgan fingerprint density at radius 3 is 2.18 bits per heavy atom. The third-order valence-electron chi connectivity index (χ3n) is 10.4. The first-order valence-corrected chi connectivity index (χ1v) is 19.7. The lowest BCUT2D eigenvalue weighted by Crippen LogP contribution is -2.49. The highest BCUT2D eigenvalue weighted by Crippen LogP contribution is 2.47. The number of ether oxygens (including phenoxy) is 2. The Balaban J connectivity index is 2.47. The molecule has 0 radical (unpaired) electrons. The van der Waals surface area contributed by atoms with Crippen molar-refractivity contribution in [3.05, 3.63) is 41.5 Å². The molecular weight excluding hydrogens is 740 g/mol. The number of para-hydroxylation sites is 1. The number of nitrogens with zero attached hydrogens (tertiary/aromatic N) is 2. The Hall–Kier alpha value is -4.18. The molecule has 0 aliphatic carbocycles. The number of hydrogen-bond acceptors (Lipinski definition) is 13. The van der Waals surface area contributed by atoms with Crippen LogP contribution in [0.3, 0.4) is 0 Å². The van der Waals surface area contributed by atoms with Gasteiger partial charge in [0.1, 0.15) is 32.0 Å². The molecule has 1 fully saturated rings. The zero-order valence-electron chi connectivity index (χ0n) is 35.2. The van der Waals surface area contributed by atoms with Crippen LogP contribution in [0.2, 0.25) is 0 Å². The number of carbonyl (C=O) groups is 5. The molecule has 1 heterocycles. The number of rotatable bonds is 27. The Morgan fingerprint density at radius 1 is 0.965 bits per heavy atom. The molecule has 1 saturated heterocycles. The van der Waals surface area contributed by atoms with E-state index in [2.05, 4.69) is 11.6 Å². The second kappa shape index (κ2) is 22.7. The molecule has 1 aliphatic heterocycles. The van der Waals surface area contributed by atoms with Gasteiger partial charge in [0.25, 0.3) is 0 Å². The summed E-state index contributed by atoms with van der Waals surface area (Å²) in [6, 6.07) is 5.56. The van der Waals surface area contributed by atoms with E-state index in [1.807, 2.05) is 52.8 Å². The van der Waals surface area contributed by atoms with Crippen molar-refractivity contribution in [3.63, 3.8) is 0 Å². The molecule has 57 heavy (non-hydrogen) atoms. The molecule has 0 bridgehead atoms. The van der Waals surface area contributed by atoms with Crippen molar-refractivity contribution in [3.8, 4) is 0 Å². The van der Waals surface area contributed by atoms with Crippen LogP contribution in [-0.4, -0.2) is 91.5 Å². The number of aliphatic imine (C=N–C) groups is 1. The number of aliphatic hydroxyl groups is 1. The van der Waals surface area contributed by atoms with E-state index in [1.54, 1.807) is 20.8 Å². The molecule has 15 nitrogen and oxygen atoms in total. The highest BCUT2D eigenvalue weighted by Gasteiger charge is 2.58. The van der Waals surface area contributed by atoms with E-state index in [4.69, 9.17) is 29.0 Å². The second-order valence-electron chi connectivity index (χ2n) is 16.0. The first-order valence-electron chi connectivity index (χ1n) is 19.7. The van der Waals surface area contributed by atoms with Crippen molar-refractivity contribution in [2.45, 2.75) is 113 Å². The van der Waals surface area contributed by atoms with Gasteiger partial charge in [-0.25, -0.2) is 14.7 Å². The van der Waals surface area contributed by atoms with Crippen molar-refractivity contribution in [2.24, 2.45) is 33.6 Å². The van der Waals surface area contributed by atoms with Gasteiger partial charge in [-0.2, -0.15) is 4.89 Å². The van der Waals surface area contributed by atoms with Crippen LogP contribution in [-0.2, 0) is 65.8 Å². The molecule has 1 aliphatic rings. The number of carboxylic acid groups (broad SMARTS) is 1. The van der Waals surface area contributed by atoms with Crippen LogP contribution in [0.4, 0.5) is 5.69 Å². The molecule has 1 aromatic rings. The van der Waals surface area contributed by atoms with Gasteiger partial charge in [-0.1, -0.05) is 78.3 Å². The molecular formula is C42H64N2O13. The Kier molecular flexibility index (Phi) is 19.5. The fourth-order valence-corrected chi connectivity index (χ4v) is 7.44. The fourth-order valence-electron chi connectivity index (χ4n) is 7.44. The summed E-state index contributed by atoms with van der Waals surface area (Å²) in [4.78, 5) is 94.0. The van der Waals surface area contributed by atoms with Crippen molar-refractivity contribution >= 4 is 41.8 Å². The number of amides is 2. The molecule has 2 N–H and O–H groups in total. The molecule has 15 heteroatoms. The first-order chi connectivity index (χ1) is 26.8. The number of imide groups is 1. The van der Waals surface area contributed by atoms with E-state index in [1.165, 1.54) is 6.92 Å². The normalized spacial score (nSPS) is 18.6. The van der Waals surface area contributed by atoms with Crippen molar-refractivity contribution < 1.29 is 63.2 Å². The van der Waals surface area contributed by atoms with Crippen LogP contribution in [0.5, 0.6) is 0 Å². The van der Waals surface area contributed by atoms with Gasteiger partial charge in [-0.3, -0.25) is 29.0 Å². The lowest BCUT2D eigenvalue weighted by atomic mass is 9.66. The summed E-state index contributed by atoms with van der Waals surface area (Å²) in [7, 11) is 0. The van der Waals surface area contributed by atoms with Gasteiger partial charge in [-0.15, -0.1) is 0 Å². The van der Waals surface area contributed by atoms with Crippen LogP contribution >= 0.6 is 0 Å². The van der Waals surface area contributed by atoms with Gasteiger partial charge in [0.05, 0.1) is 48.4 Å². The molecule has 5 atom stereocenters. The Morgan fingerprint density at radius 2 is 1.61 bits per heavy atom. The van der Waals surface area contributed by atoms with Gasteiger partial charge in [0.2, 0.25) is 18.2 Å². The fraction of sp³-hybridized carbons (Fsp3) is 0.667. The molecule has 5 unspecified atom stereocenters. The third kappa shape index (κ3) is 14.0. The van der Waals surface area contributed by atoms with Crippen LogP contribution in [0, 0.1) is 28.6 Å². The average Bonchev–Trinajstić information content (AvgIpc) is 3.37. The molecule has 0 saturated carbocycles. The van der Waals surface area contributed by atoms with Gasteiger partial charge in [0.15, 0.2) is 0 Å². The molecule has 0 aromatic heterocycles. The highest BCUT2D eigenvalue weighted by molar-refractivity contribution is 6.23. The number of esters is 2. The number of aryl methyl sites for hydroxylation is 2. The second-order valence-corrected chi connectivity index (χ2v) is 16.0. The molecule has 2 amide bonds. The zero-order chi connectivity index (χ0) is 43.0. The van der Waals surface area contributed by atoms with Crippen LogP contribution in [0.1, 0.15) is 106 Å². The monoisotopic (exact) mass is 804 g/mol. The van der Waals surface area contributed by atoms with E-state index >= 15 is 0 Å². The summed E-state index contributed by atoms with van der Waals surface area (Å²) in [5.74, 6) is -7.56. The number of benzene rings is 1. The maximum atomic E-state index is 14.6. The number of anilines is 1. The number of aliphatic hydroxyl groups excluding tert-OH is 1. The minimum Gasteiger partial charge on any atom is -0.481 e. The standard InChI is InChI=1S/C42H64N2O13/c1-11-30-15-14-16-31(12-2)35(30)44-36(47)29(6)34(37(44)48)42(10,57-33(46)17-20-53-56-27-43-18-21-54-55-25-28(4)5)24-32(38(49)50)23-41(9,26-40(7,8)13-3)39(51)52-22-19-45/h14-16,27,29,32,34,45H,4,11-13,17-26H2,1-3,5-10H3,(H,49,50)/b43-27+. The predicted octanol–water partition coefficient (Wildman–Crippen LogP) is 5.98. The van der Waals surface area contributed by atoms with Gasteiger partial charge in [0, 0.05) is 6.42 Å². The summed E-state index contributed by atoms with van der Waals surface area (Å²) in [5, 5.41) is 20.1. The van der Waals surface area contributed by atoms with Crippen LogP contribution in [0.25, 0.3) is 0 Å². The smallest absolute Gasteiger partial charge is 0.311 e. The zero-order valence-corrected chi connectivity index (χ0v) is 35.2. The molecule has 1 aromatic carbocycles. The highest BCUT2D eigenvalue weighted by atomic mass is 17.2. The maximum absolute atomic E-state index is 14.6. The summed E-state index contributed by atoms with van der Waals surface area (Å²) in [6.45, 7) is 19.5. The van der Waals surface area contributed by atoms with E-state index in [0.29, 0.717) is 24.9 Å². The molecule has 320 valence electrons. The van der Waals surface area contributed by atoms with Crippen molar-refractivity contribution in [1.82, 2.24) is 0 Å². The topological polar surface area (TPSA) is 197 Å². The minimum atomic E-state index is -1.85. The number of carboxylic acids is 1. The molecule has 2 rings (SSSR count). The van der Waals surface area contributed by atoms with E-state index in [-0.39, 0.29) is 52.2 Å². The third-order valence-corrected chi connectivity index (χ3v) is 10.4. The number of aliphatic carboxylic acids is 1. The Labute approximate surface area is 336 Å². The van der Waals surface area contributed by atoms with Crippen LogP contribution < -0.4 is 4.90 Å². The summed E-state index contributed by atoms with van der Waals surface area (Å²) in [6.07, 6.45) is 2.00. The van der Waals surface area contributed by atoms with Gasteiger partial charge < -0.3 is 24.6 Å². The van der Waals surface area contributed by atoms with E-state index in [9.17, 15) is 34.2 Å². The van der Waals surface area contributed by atoms with E-state index < -0.39 is 76.9 Å². The largest absolute Gasteiger partial charge is 0.481 e.